The maximum Gasteiger partial charge on any atom is 0.407 e. The number of nitrogens with one attached hydrogen (secondary N) is 2. The van der Waals surface area contributed by atoms with Gasteiger partial charge in [-0.15, -0.1) is 0 Å². The second-order valence-corrected chi connectivity index (χ2v) is 8.77. The van der Waals surface area contributed by atoms with E-state index < -0.39 is 40.3 Å². The molecule has 1 aromatic carbocycles. The fourth-order valence-electron chi connectivity index (χ4n) is 2.52. The summed E-state index contributed by atoms with van der Waals surface area (Å²) in [4.78, 5) is 23.1. The van der Waals surface area contributed by atoms with Crippen LogP contribution in [0.1, 0.15) is 37.5 Å². The Morgan fingerprint density at radius 1 is 1.15 bits per heavy atom. The Morgan fingerprint density at radius 3 is 2.08 bits per heavy atom. The molecule has 1 rings (SSSR count). The van der Waals surface area contributed by atoms with Gasteiger partial charge in [0.1, 0.15) is 11.6 Å². The number of aryl methyl sites for hydroxylation is 3. The largest absolute Gasteiger partial charge is 0.480 e. The molecule has 0 aliphatic carbocycles. The van der Waals surface area contributed by atoms with Gasteiger partial charge in [-0.3, -0.25) is 4.79 Å². The lowest BCUT2D eigenvalue weighted by molar-refractivity contribution is -0.138. The highest BCUT2D eigenvalue weighted by atomic mass is 32.2. The number of ether oxygens (including phenoxy) is 1. The number of carbonyl (C=O) groups excluding carboxylic acids is 1. The minimum atomic E-state index is -4.09. The standard InChI is InChI=1S/C17H26N2O6S/c1-10-7-11(2)14(12(3)8-10)26(23,24)19-13(15(20)21)9-18-16(22)25-17(4,5)6/h7-8,13,19H,9H2,1-6H3,(H,18,22)(H,20,21). The summed E-state index contributed by atoms with van der Waals surface area (Å²) in [6.45, 7) is 9.65. The molecule has 0 aromatic heterocycles. The predicted molar refractivity (Wildman–Crippen MR) is 96.6 cm³/mol. The van der Waals surface area contributed by atoms with Gasteiger partial charge >= 0.3 is 12.1 Å². The van der Waals surface area contributed by atoms with Crippen molar-refractivity contribution in [2.24, 2.45) is 0 Å². The first kappa shape index (κ1) is 21.9. The van der Waals surface area contributed by atoms with Gasteiger partial charge in [-0.05, 0) is 52.7 Å². The van der Waals surface area contributed by atoms with Crippen molar-refractivity contribution in [3.63, 3.8) is 0 Å². The molecule has 146 valence electrons. The number of hydrogen-bond acceptors (Lipinski definition) is 5. The van der Waals surface area contributed by atoms with Gasteiger partial charge in [0.15, 0.2) is 0 Å². The lowest BCUT2D eigenvalue weighted by Crippen LogP contribution is -2.49. The van der Waals surface area contributed by atoms with Gasteiger partial charge in [-0.2, -0.15) is 4.72 Å². The van der Waals surface area contributed by atoms with E-state index in [0.717, 1.165) is 5.56 Å². The first-order valence-corrected chi connectivity index (χ1v) is 9.51. The molecule has 0 heterocycles. The fourth-order valence-corrected chi connectivity index (χ4v) is 4.16. The van der Waals surface area contributed by atoms with Crippen LogP contribution >= 0.6 is 0 Å². The van der Waals surface area contributed by atoms with Gasteiger partial charge in [0.2, 0.25) is 10.0 Å². The SMILES string of the molecule is Cc1cc(C)c(S(=O)(=O)NC(CNC(=O)OC(C)(C)C)C(=O)O)c(C)c1. The van der Waals surface area contributed by atoms with E-state index >= 15 is 0 Å². The molecule has 0 saturated heterocycles. The molecular formula is C17H26N2O6S. The molecule has 1 atom stereocenters. The zero-order chi connectivity index (χ0) is 20.3. The van der Waals surface area contributed by atoms with Crippen molar-refractivity contribution >= 4 is 22.1 Å². The lowest BCUT2D eigenvalue weighted by atomic mass is 10.1. The number of sulfonamides is 1. The lowest BCUT2D eigenvalue weighted by Gasteiger charge is -2.21. The van der Waals surface area contributed by atoms with Gasteiger partial charge in [-0.1, -0.05) is 17.7 Å². The zero-order valence-electron chi connectivity index (χ0n) is 15.8. The van der Waals surface area contributed by atoms with Gasteiger partial charge in [0, 0.05) is 6.54 Å². The summed E-state index contributed by atoms with van der Waals surface area (Å²) in [6, 6.07) is 1.87. The van der Waals surface area contributed by atoms with Crippen molar-refractivity contribution in [2.45, 2.75) is 58.1 Å². The summed E-state index contributed by atoms with van der Waals surface area (Å²) < 4.78 is 32.5. The monoisotopic (exact) mass is 386 g/mol. The van der Waals surface area contributed by atoms with E-state index in [2.05, 4.69) is 10.0 Å². The Balaban J connectivity index is 2.97. The van der Waals surface area contributed by atoms with Crippen LogP contribution in [-0.2, 0) is 19.6 Å². The molecule has 1 aromatic rings. The van der Waals surface area contributed by atoms with Crippen LogP contribution in [0, 0.1) is 20.8 Å². The van der Waals surface area contributed by atoms with Gasteiger partial charge in [0.25, 0.3) is 0 Å². The van der Waals surface area contributed by atoms with Crippen molar-refractivity contribution in [3.8, 4) is 0 Å². The highest BCUT2D eigenvalue weighted by molar-refractivity contribution is 7.89. The van der Waals surface area contributed by atoms with Crippen LogP contribution in [0.15, 0.2) is 17.0 Å². The molecule has 0 aliphatic rings. The van der Waals surface area contributed by atoms with Crippen molar-refractivity contribution in [1.29, 1.82) is 0 Å². The molecule has 0 aliphatic heterocycles. The maximum absolute atomic E-state index is 12.7. The molecule has 0 radical (unpaired) electrons. The molecule has 0 spiro atoms. The summed E-state index contributed by atoms with van der Waals surface area (Å²) in [5, 5.41) is 11.6. The first-order chi connectivity index (χ1) is 11.7. The third kappa shape index (κ3) is 6.30. The number of benzene rings is 1. The van der Waals surface area contributed by atoms with Crippen molar-refractivity contribution in [1.82, 2.24) is 10.0 Å². The van der Waals surface area contributed by atoms with Gasteiger partial charge in [-0.25, -0.2) is 13.2 Å². The van der Waals surface area contributed by atoms with Crippen LogP contribution < -0.4 is 10.0 Å². The summed E-state index contributed by atoms with van der Waals surface area (Å²) in [5.41, 5.74) is 1.18. The topological polar surface area (TPSA) is 122 Å². The Morgan fingerprint density at radius 2 is 1.65 bits per heavy atom. The van der Waals surface area contributed by atoms with E-state index in [9.17, 15) is 23.1 Å². The van der Waals surface area contributed by atoms with Crippen LogP contribution in [0.3, 0.4) is 0 Å². The Bertz CT molecular complexity index is 773. The van der Waals surface area contributed by atoms with Gasteiger partial charge in [0.05, 0.1) is 4.90 Å². The number of hydrogen-bond donors (Lipinski definition) is 3. The molecule has 1 unspecified atom stereocenters. The molecule has 0 bridgehead atoms. The van der Waals surface area contributed by atoms with Crippen LogP contribution in [0.2, 0.25) is 0 Å². The average molecular weight is 386 g/mol. The predicted octanol–water partition coefficient (Wildman–Crippen LogP) is 1.87. The van der Waals surface area contributed by atoms with E-state index in [4.69, 9.17) is 4.74 Å². The molecule has 9 heteroatoms. The Kier molecular flexibility index (Phi) is 6.78. The summed E-state index contributed by atoms with van der Waals surface area (Å²) >= 11 is 0. The maximum atomic E-state index is 12.7. The van der Waals surface area contributed by atoms with Gasteiger partial charge < -0.3 is 15.2 Å². The summed E-state index contributed by atoms with van der Waals surface area (Å²) in [7, 11) is -4.09. The van der Waals surface area contributed by atoms with Crippen LogP contribution in [0.25, 0.3) is 0 Å². The van der Waals surface area contributed by atoms with E-state index in [1.165, 1.54) is 0 Å². The fraction of sp³-hybridized carbons (Fsp3) is 0.529. The number of carboxylic acid groups (broad SMARTS) is 1. The minimum absolute atomic E-state index is 0.0339. The second kappa shape index (κ2) is 8.05. The second-order valence-electron chi connectivity index (χ2n) is 7.12. The number of aliphatic carboxylic acids is 1. The van der Waals surface area contributed by atoms with Crippen LogP contribution in [0.5, 0.6) is 0 Å². The van der Waals surface area contributed by atoms with Crippen molar-refractivity contribution in [2.75, 3.05) is 6.54 Å². The van der Waals surface area contributed by atoms with E-state index in [1.807, 2.05) is 6.92 Å². The molecule has 3 N–H and O–H groups in total. The molecule has 1 amide bonds. The first-order valence-electron chi connectivity index (χ1n) is 8.03. The molecular weight excluding hydrogens is 360 g/mol. The van der Waals surface area contributed by atoms with Crippen molar-refractivity contribution < 1.29 is 27.9 Å². The number of rotatable bonds is 6. The number of amides is 1. The molecule has 26 heavy (non-hydrogen) atoms. The van der Waals surface area contributed by atoms with Crippen LogP contribution in [-0.4, -0.2) is 43.8 Å². The third-order valence-electron chi connectivity index (χ3n) is 3.32. The number of carboxylic acids is 1. The van der Waals surface area contributed by atoms with Crippen LogP contribution in [0.4, 0.5) is 4.79 Å². The summed E-state index contributed by atoms with van der Waals surface area (Å²) in [5.74, 6) is -1.41. The van der Waals surface area contributed by atoms with Crippen molar-refractivity contribution in [3.05, 3.63) is 28.8 Å². The minimum Gasteiger partial charge on any atom is -0.480 e. The molecule has 0 saturated carbocycles. The number of alkyl carbamates (subject to hydrolysis) is 1. The Labute approximate surface area is 154 Å². The Hall–Kier alpha value is -2.13. The summed E-state index contributed by atoms with van der Waals surface area (Å²) in [6.07, 6.45) is -0.828. The molecule has 8 nitrogen and oxygen atoms in total. The number of carbonyl (C=O) groups is 2. The van der Waals surface area contributed by atoms with E-state index in [0.29, 0.717) is 11.1 Å². The average Bonchev–Trinajstić information content (AvgIpc) is 2.39. The quantitative estimate of drug-likeness (QED) is 0.686. The third-order valence-corrected chi connectivity index (χ3v) is 5.09. The highest BCUT2D eigenvalue weighted by Gasteiger charge is 2.28. The van der Waals surface area contributed by atoms with E-state index in [1.54, 1.807) is 46.8 Å². The smallest absolute Gasteiger partial charge is 0.407 e. The zero-order valence-corrected chi connectivity index (χ0v) is 16.7. The highest BCUT2D eigenvalue weighted by Crippen LogP contribution is 2.21. The van der Waals surface area contributed by atoms with E-state index in [-0.39, 0.29) is 4.90 Å². The normalized spacial score (nSPS) is 13.2. The molecule has 0 fully saturated rings.